The van der Waals surface area contributed by atoms with Gasteiger partial charge in [-0.1, -0.05) is 36.4 Å². The number of pyridine rings is 2. The summed E-state index contributed by atoms with van der Waals surface area (Å²) >= 11 is 0. The predicted octanol–water partition coefficient (Wildman–Crippen LogP) is 5.74. The summed E-state index contributed by atoms with van der Waals surface area (Å²) in [6, 6.07) is 19.1. The molecule has 2 aromatic carbocycles. The van der Waals surface area contributed by atoms with Crippen LogP contribution < -0.4 is 5.32 Å². The van der Waals surface area contributed by atoms with Crippen LogP contribution in [-0.4, -0.2) is 30.8 Å². The van der Waals surface area contributed by atoms with Crippen LogP contribution >= 0.6 is 0 Å². The van der Waals surface area contributed by atoms with E-state index < -0.39 is 5.91 Å². The van der Waals surface area contributed by atoms with E-state index in [0.29, 0.717) is 22.4 Å². The second-order valence-corrected chi connectivity index (χ2v) is 7.28. The van der Waals surface area contributed by atoms with Crippen molar-refractivity contribution in [3.63, 3.8) is 0 Å². The SMILES string of the molecule is [C-]#[N+]c1cnn(-c2ccccn2)c1/N=N/c1c(O)c(C(=O)Nc2ccccn2)cc2ccccc12. The van der Waals surface area contributed by atoms with Crippen molar-refractivity contribution in [2.24, 2.45) is 10.2 Å². The molecular formula is C25H16N8O2. The van der Waals surface area contributed by atoms with Crippen molar-refractivity contribution in [2.45, 2.75) is 0 Å². The quantitative estimate of drug-likeness (QED) is 0.256. The molecule has 0 fully saturated rings. The summed E-state index contributed by atoms with van der Waals surface area (Å²) in [6.45, 7) is 7.46. The molecule has 10 heteroatoms. The Hall–Kier alpha value is -5.43. The zero-order valence-corrected chi connectivity index (χ0v) is 18.1. The molecule has 2 N–H and O–H groups in total. The van der Waals surface area contributed by atoms with Crippen LogP contribution in [0.4, 0.5) is 23.0 Å². The lowest BCUT2D eigenvalue weighted by molar-refractivity contribution is 0.102. The summed E-state index contributed by atoms with van der Waals surface area (Å²) in [5.74, 6) is 0.0339. The Morgan fingerprint density at radius 2 is 1.77 bits per heavy atom. The number of fused-ring (bicyclic) bond motifs is 1. The minimum Gasteiger partial charge on any atom is -0.505 e. The molecule has 0 unspecified atom stereocenters. The molecule has 5 aromatic rings. The highest BCUT2D eigenvalue weighted by Crippen LogP contribution is 2.40. The number of rotatable bonds is 5. The van der Waals surface area contributed by atoms with Crippen molar-refractivity contribution in [3.8, 4) is 11.6 Å². The van der Waals surface area contributed by atoms with Crippen LogP contribution in [0.1, 0.15) is 10.4 Å². The summed E-state index contributed by atoms with van der Waals surface area (Å²) in [7, 11) is 0. The maximum absolute atomic E-state index is 13.0. The van der Waals surface area contributed by atoms with Gasteiger partial charge in [-0.25, -0.2) is 19.5 Å². The molecule has 0 saturated carbocycles. The van der Waals surface area contributed by atoms with Crippen LogP contribution in [0.3, 0.4) is 0 Å². The van der Waals surface area contributed by atoms with Gasteiger partial charge in [-0.15, -0.1) is 10.2 Å². The molecule has 0 aliphatic rings. The summed E-state index contributed by atoms with van der Waals surface area (Å²) < 4.78 is 1.38. The Kier molecular flexibility index (Phi) is 5.63. The van der Waals surface area contributed by atoms with Crippen molar-refractivity contribution in [1.29, 1.82) is 0 Å². The Bertz CT molecular complexity index is 1610. The minimum absolute atomic E-state index is 0.00643. The first-order chi connectivity index (χ1) is 17.2. The highest BCUT2D eigenvalue weighted by Gasteiger charge is 2.20. The summed E-state index contributed by atoms with van der Waals surface area (Å²) in [4.78, 5) is 24.7. The lowest BCUT2D eigenvalue weighted by Crippen LogP contribution is -2.13. The van der Waals surface area contributed by atoms with Gasteiger partial charge in [0, 0.05) is 17.8 Å². The summed E-state index contributed by atoms with van der Waals surface area (Å²) in [5, 5.41) is 27.7. The number of carbonyl (C=O) groups is 1. The van der Waals surface area contributed by atoms with Crippen molar-refractivity contribution < 1.29 is 9.90 Å². The third-order valence-corrected chi connectivity index (χ3v) is 5.10. The molecule has 3 heterocycles. The molecule has 0 aliphatic heterocycles. The van der Waals surface area contributed by atoms with Gasteiger partial charge in [0.25, 0.3) is 11.6 Å². The first-order valence-electron chi connectivity index (χ1n) is 10.4. The fourth-order valence-electron chi connectivity index (χ4n) is 3.46. The normalized spacial score (nSPS) is 10.9. The second kappa shape index (κ2) is 9.21. The Morgan fingerprint density at radius 3 is 2.51 bits per heavy atom. The predicted molar refractivity (Wildman–Crippen MR) is 130 cm³/mol. The Morgan fingerprint density at radius 1 is 1.00 bits per heavy atom. The summed E-state index contributed by atoms with van der Waals surface area (Å²) in [6.07, 6.45) is 4.51. The number of carbonyl (C=O) groups excluding carboxylic acids is 1. The van der Waals surface area contributed by atoms with E-state index in [1.807, 2.05) is 6.07 Å². The molecule has 0 spiro atoms. The number of benzene rings is 2. The van der Waals surface area contributed by atoms with Crippen molar-refractivity contribution in [3.05, 3.63) is 102 Å². The molecule has 0 aliphatic carbocycles. The minimum atomic E-state index is -0.552. The fraction of sp³-hybridized carbons (Fsp3) is 0. The molecule has 168 valence electrons. The largest absolute Gasteiger partial charge is 0.505 e. The van der Waals surface area contributed by atoms with E-state index >= 15 is 0 Å². The molecule has 10 nitrogen and oxygen atoms in total. The van der Waals surface area contributed by atoms with E-state index in [-0.39, 0.29) is 28.5 Å². The molecule has 5 rings (SSSR count). The maximum Gasteiger partial charge on any atom is 0.260 e. The van der Waals surface area contributed by atoms with Gasteiger partial charge in [0.2, 0.25) is 0 Å². The number of azo groups is 1. The number of hydrogen-bond acceptors (Lipinski definition) is 7. The van der Waals surface area contributed by atoms with Crippen molar-refractivity contribution >= 4 is 39.7 Å². The topological polar surface area (TPSA) is 122 Å². The van der Waals surface area contributed by atoms with Crippen LogP contribution in [-0.2, 0) is 0 Å². The number of phenolic OH excluding ortho intramolecular Hbond substituents is 1. The van der Waals surface area contributed by atoms with Crippen LogP contribution in [0, 0.1) is 6.57 Å². The average Bonchev–Trinajstić information content (AvgIpc) is 3.32. The molecule has 1 amide bonds. The third-order valence-electron chi connectivity index (χ3n) is 5.10. The van der Waals surface area contributed by atoms with E-state index in [9.17, 15) is 9.90 Å². The number of nitrogens with zero attached hydrogens (tertiary/aromatic N) is 7. The van der Waals surface area contributed by atoms with Gasteiger partial charge < -0.3 is 10.4 Å². The number of phenols is 1. The van der Waals surface area contributed by atoms with E-state index in [0.717, 1.165) is 0 Å². The highest BCUT2D eigenvalue weighted by molar-refractivity contribution is 6.11. The fourth-order valence-corrected chi connectivity index (χ4v) is 3.46. The Balaban J connectivity index is 1.61. The second-order valence-electron chi connectivity index (χ2n) is 7.28. The first-order valence-corrected chi connectivity index (χ1v) is 10.4. The van der Waals surface area contributed by atoms with Crippen LogP contribution in [0.5, 0.6) is 5.75 Å². The van der Waals surface area contributed by atoms with E-state index in [1.54, 1.807) is 73.1 Å². The van der Waals surface area contributed by atoms with Gasteiger partial charge >= 0.3 is 0 Å². The average molecular weight is 460 g/mol. The van der Waals surface area contributed by atoms with Crippen LogP contribution in [0.2, 0.25) is 0 Å². The molecule has 35 heavy (non-hydrogen) atoms. The smallest absolute Gasteiger partial charge is 0.260 e. The monoisotopic (exact) mass is 460 g/mol. The van der Waals surface area contributed by atoms with Gasteiger partial charge in [-0.3, -0.25) is 4.79 Å². The first kappa shape index (κ1) is 21.4. The van der Waals surface area contributed by atoms with E-state index in [1.165, 1.54) is 10.9 Å². The Labute approximate surface area is 199 Å². The van der Waals surface area contributed by atoms with Crippen LogP contribution in [0.15, 0.2) is 95.5 Å². The van der Waals surface area contributed by atoms with Crippen LogP contribution in [0.25, 0.3) is 21.4 Å². The zero-order chi connectivity index (χ0) is 24.2. The number of aromatic hydroxyl groups is 1. The van der Waals surface area contributed by atoms with Gasteiger partial charge in [-0.05, 0) is 35.7 Å². The standard InChI is InChI=1S/C25H16N8O2/c1-26-19-15-29-33(21-11-5-7-13-28-21)24(19)32-31-22-17-9-3-2-8-16(17)14-18(23(22)34)25(35)30-20-10-4-6-12-27-20/h2-15,34H,(H,27,30,35)/b32-31+. The van der Waals surface area contributed by atoms with Gasteiger partial charge in [-0.2, -0.15) is 5.10 Å². The third kappa shape index (κ3) is 4.17. The number of aromatic nitrogens is 4. The van der Waals surface area contributed by atoms with Crippen molar-refractivity contribution in [2.75, 3.05) is 5.32 Å². The van der Waals surface area contributed by atoms with Gasteiger partial charge in [0.15, 0.2) is 17.4 Å². The van der Waals surface area contributed by atoms with Crippen molar-refractivity contribution in [1.82, 2.24) is 19.7 Å². The zero-order valence-electron chi connectivity index (χ0n) is 18.1. The molecule has 3 aromatic heterocycles. The molecule has 0 atom stereocenters. The van der Waals surface area contributed by atoms with E-state index in [2.05, 4.69) is 35.5 Å². The van der Waals surface area contributed by atoms with Gasteiger partial charge in [0.1, 0.15) is 11.5 Å². The lowest BCUT2D eigenvalue weighted by atomic mass is 10.0. The van der Waals surface area contributed by atoms with E-state index in [4.69, 9.17) is 6.57 Å². The number of amides is 1. The lowest BCUT2D eigenvalue weighted by Gasteiger charge is -2.11. The molecule has 0 radical (unpaired) electrons. The molecular weight excluding hydrogens is 444 g/mol. The molecule has 0 bridgehead atoms. The highest BCUT2D eigenvalue weighted by atomic mass is 16.3. The molecule has 0 saturated heterocycles. The summed E-state index contributed by atoms with van der Waals surface area (Å²) in [5.41, 5.74) is 0.248. The number of anilines is 1. The number of nitrogens with one attached hydrogen (secondary N) is 1. The van der Waals surface area contributed by atoms with Gasteiger partial charge in [0.05, 0.1) is 18.3 Å². The maximum atomic E-state index is 13.0. The number of hydrogen-bond donors (Lipinski definition) is 2.